The standard InChI is InChI=1S/C25H17Cl2F2NO4S/c26-19-11-15(12-20(27)23(19)34-14-16-3-1-2-4-21(16)29)13-22-24(31)30(25(32)35-22)9-10-33-18-7-5-17(28)6-8-18/h1-8,11-13H,9-10,14H2/b22-13-. The Bertz CT molecular complexity index is 1280. The molecule has 0 unspecified atom stereocenters. The number of imide groups is 1. The van der Waals surface area contributed by atoms with Gasteiger partial charge in [0.1, 0.15) is 30.6 Å². The SMILES string of the molecule is O=C1S/C(=C\c2cc(Cl)c(OCc3ccccc3F)c(Cl)c2)C(=O)N1CCOc1ccc(F)cc1. The van der Waals surface area contributed by atoms with E-state index >= 15 is 0 Å². The largest absolute Gasteiger partial charge is 0.492 e. The first kappa shape index (κ1) is 25.0. The van der Waals surface area contributed by atoms with Crippen LogP contribution >= 0.6 is 35.0 Å². The molecule has 10 heteroatoms. The number of ether oxygens (including phenoxy) is 2. The lowest BCUT2D eigenvalue weighted by Gasteiger charge is -2.13. The first-order chi connectivity index (χ1) is 16.8. The molecule has 2 amide bonds. The highest BCUT2D eigenvalue weighted by molar-refractivity contribution is 8.18. The van der Waals surface area contributed by atoms with E-state index in [0.717, 1.165) is 16.7 Å². The maximum atomic E-state index is 13.8. The maximum absolute atomic E-state index is 13.8. The van der Waals surface area contributed by atoms with E-state index in [1.54, 1.807) is 18.2 Å². The third-order valence-corrected chi connectivity index (χ3v) is 6.39. The lowest BCUT2D eigenvalue weighted by molar-refractivity contribution is -0.123. The Morgan fingerprint density at radius 2 is 1.63 bits per heavy atom. The predicted octanol–water partition coefficient (Wildman–Crippen LogP) is 6.97. The zero-order chi connectivity index (χ0) is 24.9. The van der Waals surface area contributed by atoms with Crippen LogP contribution < -0.4 is 9.47 Å². The summed E-state index contributed by atoms with van der Waals surface area (Å²) in [6.07, 6.45) is 1.50. The Morgan fingerprint density at radius 3 is 2.31 bits per heavy atom. The molecule has 1 aliphatic rings. The van der Waals surface area contributed by atoms with Crippen LogP contribution in [0.5, 0.6) is 11.5 Å². The van der Waals surface area contributed by atoms with E-state index in [9.17, 15) is 18.4 Å². The van der Waals surface area contributed by atoms with Crippen LogP contribution in [-0.4, -0.2) is 29.2 Å². The number of thioether (sulfide) groups is 1. The van der Waals surface area contributed by atoms with Crippen LogP contribution in [0.25, 0.3) is 6.08 Å². The van der Waals surface area contributed by atoms with E-state index in [0.29, 0.717) is 16.9 Å². The van der Waals surface area contributed by atoms with E-state index in [1.165, 1.54) is 48.5 Å². The summed E-state index contributed by atoms with van der Waals surface area (Å²) in [6, 6.07) is 14.7. The smallest absolute Gasteiger partial charge is 0.293 e. The second-order valence-corrected chi connectivity index (χ2v) is 9.14. The molecule has 0 atom stereocenters. The van der Waals surface area contributed by atoms with Gasteiger partial charge in [-0.1, -0.05) is 41.4 Å². The first-order valence-corrected chi connectivity index (χ1v) is 11.9. The van der Waals surface area contributed by atoms with Crippen LogP contribution in [0.15, 0.2) is 65.6 Å². The van der Waals surface area contributed by atoms with Crippen molar-refractivity contribution in [2.75, 3.05) is 13.2 Å². The quantitative estimate of drug-likeness (QED) is 0.291. The summed E-state index contributed by atoms with van der Waals surface area (Å²) in [5.74, 6) is -0.668. The number of carbonyl (C=O) groups is 2. The van der Waals surface area contributed by atoms with Gasteiger partial charge in [0, 0.05) is 5.56 Å². The van der Waals surface area contributed by atoms with Crippen molar-refractivity contribution in [3.8, 4) is 11.5 Å². The summed E-state index contributed by atoms with van der Waals surface area (Å²) in [5.41, 5.74) is 0.840. The molecule has 0 N–H and O–H groups in total. The molecule has 0 saturated carbocycles. The molecule has 1 heterocycles. The molecule has 1 fully saturated rings. The number of amides is 2. The van der Waals surface area contributed by atoms with Crippen molar-refractivity contribution in [2.24, 2.45) is 0 Å². The van der Waals surface area contributed by atoms with Gasteiger partial charge in [-0.25, -0.2) is 8.78 Å². The first-order valence-electron chi connectivity index (χ1n) is 10.3. The third kappa shape index (κ3) is 6.14. The zero-order valence-corrected chi connectivity index (χ0v) is 20.3. The van der Waals surface area contributed by atoms with Gasteiger partial charge in [0.15, 0.2) is 5.75 Å². The number of benzene rings is 3. The fraction of sp³-hybridized carbons (Fsp3) is 0.120. The Labute approximate surface area is 214 Å². The van der Waals surface area contributed by atoms with Crippen molar-refractivity contribution in [2.45, 2.75) is 6.61 Å². The molecular formula is C25H17Cl2F2NO4S. The highest BCUT2D eigenvalue weighted by Crippen LogP contribution is 2.38. The Hall–Kier alpha value is -3.07. The maximum Gasteiger partial charge on any atom is 0.293 e. The van der Waals surface area contributed by atoms with Crippen LogP contribution in [0.4, 0.5) is 13.6 Å². The van der Waals surface area contributed by atoms with E-state index in [4.69, 9.17) is 32.7 Å². The lowest BCUT2D eigenvalue weighted by atomic mass is 10.2. The molecule has 35 heavy (non-hydrogen) atoms. The van der Waals surface area contributed by atoms with Crippen LogP contribution in [0.3, 0.4) is 0 Å². The zero-order valence-electron chi connectivity index (χ0n) is 18.0. The third-order valence-electron chi connectivity index (χ3n) is 4.92. The summed E-state index contributed by atoms with van der Waals surface area (Å²) >= 11 is 13.4. The van der Waals surface area contributed by atoms with Crippen molar-refractivity contribution in [1.82, 2.24) is 4.90 Å². The number of rotatable bonds is 8. The van der Waals surface area contributed by atoms with Gasteiger partial charge >= 0.3 is 0 Å². The molecule has 4 rings (SSSR count). The van der Waals surface area contributed by atoms with E-state index in [1.807, 2.05) is 0 Å². The van der Waals surface area contributed by atoms with E-state index < -0.39 is 22.8 Å². The van der Waals surface area contributed by atoms with Gasteiger partial charge < -0.3 is 9.47 Å². The van der Waals surface area contributed by atoms with Gasteiger partial charge in [0.25, 0.3) is 11.1 Å². The highest BCUT2D eigenvalue weighted by Gasteiger charge is 2.34. The van der Waals surface area contributed by atoms with Gasteiger partial charge in [0.2, 0.25) is 0 Å². The molecule has 180 valence electrons. The van der Waals surface area contributed by atoms with Crippen molar-refractivity contribution in [1.29, 1.82) is 0 Å². The number of hydrogen-bond donors (Lipinski definition) is 0. The number of nitrogens with zero attached hydrogens (tertiary/aromatic N) is 1. The van der Waals surface area contributed by atoms with Gasteiger partial charge in [0.05, 0.1) is 21.5 Å². The minimum atomic E-state index is -0.477. The Kier molecular flexibility index (Phi) is 7.95. The number of carbonyl (C=O) groups excluding carboxylic acids is 2. The van der Waals surface area contributed by atoms with Crippen molar-refractivity contribution in [3.05, 3.63) is 98.4 Å². The summed E-state index contributed by atoms with van der Waals surface area (Å²) in [4.78, 5) is 26.3. The lowest BCUT2D eigenvalue weighted by Crippen LogP contribution is -2.32. The summed E-state index contributed by atoms with van der Waals surface area (Å²) in [5, 5.41) is -0.0926. The summed E-state index contributed by atoms with van der Waals surface area (Å²) in [6.45, 7) is 0.0245. The van der Waals surface area contributed by atoms with Gasteiger partial charge in [-0.2, -0.15) is 0 Å². The van der Waals surface area contributed by atoms with Crippen molar-refractivity contribution < 1.29 is 27.8 Å². The second kappa shape index (κ2) is 11.1. The minimum Gasteiger partial charge on any atom is -0.492 e. The Balaban J connectivity index is 1.41. The molecule has 1 saturated heterocycles. The Morgan fingerprint density at radius 1 is 0.943 bits per heavy atom. The fourth-order valence-electron chi connectivity index (χ4n) is 3.20. The molecule has 3 aromatic rings. The van der Waals surface area contributed by atoms with Gasteiger partial charge in [-0.3, -0.25) is 14.5 Å². The van der Waals surface area contributed by atoms with E-state index in [2.05, 4.69) is 0 Å². The highest BCUT2D eigenvalue weighted by atomic mass is 35.5. The van der Waals surface area contributed by atoms with Crippen LogP contribution in [0, 0.1) is 11.6 Å². The minimum absolute atomic E-state index is 0.0315. The van der Waals surface area contributed by atoms with E-state index in [-0.39, 0.29) is 40.5 Å². The van der Waals surface area contributed by atoms with Crippen molar-refractivity contribution >= 4 is 52.2 Å². The summed E-state index contributed by atoms with van der Waals surface area (Å²) in [7, 11) is 0. The second-order valence-electron chi connectivity index (χ2n) is 7.33. The fourth-order valence-corrected chi connectivity index (χ4v) is 4.67. The summed E-state index contributed by atoms with van der Waals surface area (Å²) < 4.78 is 37.9. The average Bonchev–Trinajstić information content (AvgIpc) is 3.08. The molecule has 0 spiro atoms. The topological polar surface area (TPSA) is 55.8 Å². The molecule has 3 aromatic carbocycles. The molecule has 0 aromatic heterocycles. The predicted molar refractivity (Wildman–Crippen MR) is 132 cm³/mol. The molecule has 5 nitrogen and oxygen atoms in total. The van der Waals surface area contributed by atoms with Crippen LogP contribution in [-0.2, 0) is 11.4 Å². The normalized spacial score (nSPS) is 14.6. The van der Waals surface area contributed by atoms with Gasteiger partial charge in [-0.05, 0) is 65.9 Å². The number of halogens is 4. The number of hydrogen-bond acceptors (Lipinski definition) is 5. The monoisotopic (exact) mass is 535 g/mol. The molecular weight excluding hydrogens is 519 g/mol. The molecule has 1 aliphatic heterocycles. The molecule has 0 radical (unpaired) electrons. The van der Waals surface area contributed by atoms with Crippen molar-refractivity contribution in [3.63, 3.8) is 0 Å². The molecule has 0 aliphatic carbocycles. The average molecular weight is 536 g/mol. The van der Waals surface area contributed by atoms with Gasteiger partial charge in [-0.15, -0.1) is 0 Å². The molecule has 0 bridgehead atoms. The van der Waals surface area contributed by atoms with Crippen LogP contribution in [0.1, 0.15) is 11.1 Å². The van der Waals surface area contributed by atoms with Crippen LogP contribution in [0.2, 0.25) is 10.0 Å².